The van der Waals surface area contributed by atoms with Gasteiger partial charge in [-0.1, -0.05) is 45.0 Å². The predicted octanol–water partition coefficient (Wildman–Crippen LogP) is 6.94. The molecule has 1 heterocycles. The molecule has 4 rings (SSSR count). The normalized spacial score (nSPS) is 21.5. The first-order valence-electron chi connectivity index (χ1n) is 11.3. The number of hydrogen-bond acceptors (Lipinski definition) is 2. The molecule has 0 amide bonds. The van der Waals surface area contributed by atoms with Gasteiger partial charge in [-0.3, -0.25) is 4.90 Å². The van der Waals surface area contributed by atoms with Crippen LogP contribution in [0.15, 0.2) is 42.0 Å². The minimum atomic E-state index is -0.531. The molecule has 4 heteroatoms. The smallest absolute Gasteiger partial charge is 0.134 e. The van der Waals surface area contributed by atoms with Gasteiger partial charge in [-0.2, -0.15) is 0 Å². The summed E-state index contributed by atoms with van der Waals surface area (Å²) in [5, 5.41) is 0. The Morgan fingerprint density at radius 3 is 2.35 bits per heavy atom. The van der Waals surface area contributed by atoms with E-state index in [0.29, 0.717) is 0 Å². The van der Waals surface area contributed by atoms with Crippen LogP contribution < -0.4 is 4.74 Å². The first-order chi connectivity index (χ1) is 14.5. The second kappa shape index (κ2) is 8.05. The van der Waals surface area contributed by atoms with E-state index in [-0.39, 0.29) is 28.9 Å². The molecule has 0 saturated carbocycles. The number of hydrogen-bond donors (Lipinski definition) is 0. The lowest BCUT2D eigenvalue weighted by atomic mass is 9.82. The van der Waals surface area contributed by atoms with E-state index in [1.807, 2.05) is 19.9 Å². The summed E-state index contributed by atoms with van der Waals surface area (Å²) in [4.78, 5) is 2.30. The van der Waals surface area contributed by atoms with Crippen molar-refractivity contribution in [2.75, 3.05) is 6.54 Å². The van der Waals surface area contributed by atoms with Gasteiger partial charge in [0, 0.05) is 30.3 Å². The molecule has 2 aromatic carbocycles. The molecule has 2 aliphatic rings. The zero-order chi connectivity index (χ0) is 22.5. The second-order valence-electron chi connectivity index (χ2n) is 10.5. The topological polar surface area (TPSA) is 12.5 Å². The van der Waals surface area contributed by atoms with Crippen LogP contribution in [0.2, 0.25) is 0 Å². The van der Waals surface area contributed by atoms with Gasteiger partial charge >= 0.3 is 0 Å². The standard InChI is InChI=1S/C27H33F2NO/c1-16(2)31-19-13-23(28)25(24(29)14-19)26-22-12-18-9-7-8-10-20(18)21(22)11-17(3)30(26)15-27(4,5)6/h7-10,13-14,16-17,26H,11-12,15H2,1-6H3/t17-,26+/m1/s1. The Bertz CT molecular complexity index is 995. The van der Waals surface area contributed by atoms with E-state index >= 15 is 8.78 Å². The molecule has 2 atom stereocenters. The Kier molecular flexibility index (Phi) is 5.72. The molecule has 0 unspecified atom stereocenters. The van der Waals surface area contributed by atoms with Crippen LogP contribution in [-0.2, 0) is 6.42 Å². The lowest BCUT2D eigenvalue weighted by molar-refractivity contribution is 0.101. The average Bonchev–Trinajstić information content (AvgIpc) is 3.00. The van der Waals surface area contributed by atoms with Crippen LogP contribution in [0.1, 0.15) is 70.7 Å². The molecule has 31 heavy (non-hydrogen) atoms. The summed E-state index contributed by atoms with van der Waals surface area (Å²) in [6.45, 7) is 13.2. The SMILES string of the molecule is CC(C)Oc1cc(F)c([C@@H]2C3=C(C[C@@H](C)N2CC(C)(C)C)c2ccccc2C3)c(F)c1. The van der Waals surface area contributed by atoms with Crippen molar-refractivity contribution in [3.05, 3.63) is 70.3 Å². The number of fused-ring (bicyclic) bond motifs is 2. The van der Waals surface area contributed by atoms with E-state index in [4.69, 9.17) is 4.74 Å². The largest absolute Gasteiger partial charge is 0.491 e. The molecule has 166 valence electrons. The third-order valence-electron chi connectivity index (χ3n) is 6.19. The van der Waals surface area contributed by atoms with Crippen LogP contribution in [0.5, 0.6) is 5.75 Å². The van der Waals surface area contributed by atoms with Crippen LogP contribution in [0, 0.1) is 17.0 Å². The molecule has 0 radical (unpaired) electrons. The van der Waals surface area contributed by atoms with Gasteiger partial charge in [-0.15, -0.1) is 0 Å². The van der Waals surface area contributed by atoms with Crippen LogP contribution in [0.4, 0.5) is 8.78 Å². The summed E-state index contributed by atoms with van der Waals surface area (Å²) in [5.41, 5.74) is 5.04. The van der Waals surface area contributed by atoms with E-state index in [1.165, 1.54) is 28.8 Å². The van der Waals surface area contributed by atoms with Gasteiger partial charge in [0.05, 0.1) is 12.1 Å². The lowest BCUT2D eigenvalue weighted by Crippen LogP contribution is -2.45. The highest BCUT2D eigenvalue weighted by Gasteiger charge is 2.42. The Labute approximate surface area is 184 Å². The van der Waals surface area contributed by atoms with Gasteiger partial charge in [0.15, 0.2) is 0 Å². The lowest BCUT2D eigenvalue weighted by Gasteiger charge is -2.45. The third-order valence-corrected chi connectivity index (χ3v) is 6.19. The fraction of sp³-hybridized carbons (Fsp3) is 0.481. The number of halogens is 2. The van der Waals surface area contributed by atoms with E-state index in [2.05, 4.69) is 50.8 Å². The zero-order valence-corrected chi connectivity index (χ0v) is 19.4. The summed E-state index contributed by atoms with van der Waals surface area (Å²) in [7, 11) is 0. The maximum absolute atomic E-state index is 15.5. The van der Waals surface area contributed by atoms with Crippen molar-refractivity contribution in [3.63, 3.8) is 0 Å². The number of nitrogens with zero attached hydrogens (tertiary/aromatic N) is 1. The van der Waals surface area contributed by atoms with Crippen LogP contribution in [-0.4, -0.2) is 23.6 Å². The molecule has 0 saturated heterocycles. The first kappa shape index (κ1) is 22.0. The quantitative estimate of drug-likeness (QED) is 0.526. The maximum atomic E-state index is 15.5. The summed E-state index contributed by atoms with van der Waals surface area (Å²) in [6.07, 6.45) is 1.50. The van der Waals surface area contributed by atoms with Gasteiger partial charge in [0.25, 0.3) is 0 Å². The van der Waals surface area contributed by atoms with E-state index in [9.17, 15) is 0 Å². The molecule has 1 aliphatic heterocycles. The average molecular weight is 426 g/mol. The monoisotopic (exact) mass is 425 g/mol. The maximum Gasteiger partial charge on any atom is 0.134 e. The van der Waals surface area contributed by atoms with E-state index in [0.717, 1.165) is 25.0 Å². The fourth-order valence-electron chi connectivity index (χ4n) is 5.12. The fourth-order valence-corrected chi connectivity index (χ4v) is 5.12. The molecule has 0 fully saturated rings. The van der Waals surface area contributed by atoms with Gasteiger partial charge in [0.1, 0.15) is 17.4 Å². The van der Waals surface area contributed by atoms with Crippen LogP contribution >= 0.6 is 0 Å². The minimum Gasteiger partial charge on any atom is -0.491 e. The molecule has 1 aliphatic carbocycles. The van der Waals surface area contributed by atoms with Crippen LogP contribution in [0.3, 0.4) is 0 Å². The summed E-state index contributed by atoms with van der Waals surface area (Å²) < 4.78 is 36.6. The third kappa shape index (κ3) is 4.27. The predicted molar refractivity (Wildman–Crippen MR) is 122 cm³/mol. The van der Waals surface area contributed by atoms with E-state index in [1.54, 1.807) is 0 Å². The highest BCUT2D eigenvalue weighted by Crippen LogP contribution is 2.50. The Hall–Kier alpha value is -2.20. The Morgan fingerprint density at radius 1 is 1.10 bits per heavy atom. The van der Waals surface area contributed by atoms with Gasteiger partial charge in [-0.05, 0) is 61.3 Å². The molecular formula is C27H33F2NO. The molecule has 0 aromatic heterocycles. The molecular weight excluding hydrogens is 392 g/mol. The second-order valence-corrected chi connectivity index (χ2v) is 10.5. The molecule has 0 spiro atoms. The Balaban J connectivity index is 1.86. The van der Waals surface area contributed by atoms with Crippen molar-refractivity contribution in [1.82, 2.24) is 4.90 Å². The van der Waals surface area contributed by atoms with Crippen molar-refractivity contribution in [2.45, 2.75) is 72.6 Å². The zero-order valence-electron chi connectivity index (χ0n) is 19.4. The number of benzene rings is 2. The van der Waals surface area contributed by atoms with Crippen molar-refractivity contribution in [2.24, 2.45) is 5.41 Å². The van der Waals surface area contributed by atoms with Gasteiger partial charge < -0.3 is 4.74 Å². The van der Waals surface area contributed by atoms with E-state index < -0.39 is 17.7 Å². The van der Waals surface area contributed by atoms with Crippen molar-refractivity contribution in [1.29, 1.82) is 0 Å². The summed E-state index contributed by atoms with van der Waals surface area (Å²) in [5.74, 6) is -0.822. The minimum absolute atomic E-state index is 0.00365. The molecule has 0 N–H and O–H groups in total. The van der Waals surface area contributed by atoms with Gasteiger partial charge in [0.2, 0.25) is 0 Å². The van der Waals surface area contributed by atoms with Crippen LogP contribution in [0.25, 0.3) is 5.57 Å². The van der Waals surface area contributed by atoms with Crippen molar-refractivity contribution >= 4 is 5.57 Å². The highest BCUT2D eigenvalue weighted by atomic mass is 19.1. The summed E-state index contributed by atoms with van der Waals surface area (Å²) >= 11 is 0. The molecule has 2 nitrogen and oxygen atoms in total. The number of rotatable bonds is 4. The summed E-state index contributed by atoms with van der Waals surface area (Å²) in [6, 6.07) is 10.8. The van der Waals surface area contributed by atoms with Crippen molar-refractivity contribution in [3.8, 4) is 5.75 Å². The molecule has 2 aromatic rings. The highest BCUT2D eigenvalue weighted by molar-refractivity contribution is 5.79. The first-order valence-corrected chi connectivity index (χ1v) is 11.3. The Morgan fingerprint density at radius 2 is 1.74 bits per heavy atom. The van der Waals surface area contributed by atoms with Gasteiger partial charge in [-0.25, -0.2) is 8.78 Å². The van der Waals surface area contributed by atoms with Crippen molar-refractivity contribution < 1.29 is 13.5 Å². The number of ether oxygens (including phenoxy) is 1. The molecule has 0 bridgehead atoms.